The molecule has 0 atom stereocenters. The lowest BCUT2D eigenvalue weighted by atomic mass is 9.99. The maximum absolute atomic E-state index is 5.28. The van der Waals surface area contributed by atoms with E-state index in [4.69, 9.17) is 19.9 Å². The molecule has 7 heteroatoms. The zero-order chi connectivity index (χ0) is 52.3. The van der Waals surface area contributed by atoms with Crippen molar-refractivity contribution in [1.82, 2.24) is 29.1 Å². The summed E-state index contributed by atoms with van der Waals surface area (Å²) in [5.41, 5.74) is 11.5. The number of benzene rings is 11. The second-order valence-electron chi connectivity index (χ2n) is 20.2. The van der Waals surface area contributed by atoms with E-state index in [1.807, 2.05) is 66.9 Å². The number of para-hydroxylation sites is 1. The standard InChI is InChI=1S/C72H48N6Si/c1-6-22-49(23-7-1)69-74-70(50-24-8-2-9-25-50)76-72(75-69)78-65-39-19-18-38-62(65)63-46-53(40-42-66(63)78)54-41-43-67-64(47-54)68-61-37-17-16-26-55(61)48-73-71(68)77(67)56-29-20-27-51(44-56)52-28-21-36-60(45-52)79(57-30-10-3-11-31-57,58-32-12-4-13-33-58)59-34-14-5-15-35-59/h1-48H. The van der Waals surface area contributed by atoms with Crippen molar-refractivity contribution >= 4 is 83.3 Å². The molecule has 370 valence electrons. The average molecular weight is 1030 g/mol. The Morgan fingerprint density at radius 2 is 0.747 bits per heavy atom. The SMILES string of the molecule is c1ccc(-c2nc(-c3ccccc3)nc(-n3c4ccccc4c4cc(-c5ccc6c(c5)c5c7ccccc7cnc5n6-c5cccc(-c6cccc([Si](c7ccccc7)(c7ccccc7)c7ccccc7)c6)c5)ccc43)n2)cc1. The van der Waals surface area contributed by atoms with Crippen LogP contribution in [0.1, 0.15) is 0 Å². The van der Waals surface area contributed by atoms with E-state index in [0.717, 1.165) is 82.6 Å². The van der Waals surface area contributed by atoms with Gasteiger partial charge in [0, 0.05) is 49.9 Å². The van der Waals surface area contributed by atoms with Gasteiger partial charge in [-0.2, -0.15) is 9.97 Å². The van der Waals surface area contributed by atoms with Gasteiger partial charge in [-0.15, -0.1) is 0 Å². The van der Waals surface area contributed by atoms with Gasteiger partial charge in [-0.3, -0.25) is 9.13 Å². The summed E-state index contributed by atoms with van der Waals surface area (Å²) in [4.78, 5) is 20.6. The molecule has 0 bridgehead atoms. The van der Waals surface area contributed by atoms with Crippen LogP contribution in [0.3, 0.4) is 0 Å². The molecule has 4 heterocycles. The van der Waals surface area contributed by atoms with Gasteiger partial charge in [0.2, 0.25) is 5.95 Å². The van der Waals surface area contributed by atoms with Crippen LogP contribution < -0.4 is 20.7 Å². The zero-order valence-corrected chi connectivity index (χ0v) is 43.9. The molecule has 0 radical (unpaired) electrons. The van der Waals surface area contributed by atoms with Gasteiger partial charge < -0.3 is 0 Å². The van der Waals surface area contributed by atoms with Gasteiger partial charge in [-0.1, -0.05) is 243 Å². The van der Waals surface area contributed by atoms with Crippen molar-refractivity contribution < 1.29 is 0 Å². The summed E-state index contributed by atoms with van der Waals surface area (Å²) >= 11 is 0. The van der Waals surface area contributed by atoms with Crippen molar-refractivity contribution in [3.63, 3.8) is 0 Å². The molecule has 79 heavy (non-hydrogen) atoms. The largest absolute Gasteiger partial charge is 0.294 e. The lowest BCUT2D eigenvalue weighted by molar-refractivity contribution is 0.953. The van der Waals surface area contributed by atoms with E-state index in [9.17, 15) is 0 Å². The second-order valence-corrected chi connectivity index (χ2v) is 24.0. The van der Waals surface area contributed by atoms with E-state index in [1.54, 1.807) is 0 Å². The Kier molecular flexibility index (Phi) is 11.1. The Balaban J connectivity index is 0.877. The number of nitrogens with zero attached hydrogens (tertiary/aromatic N) is 6. The minimum absolute atomic E-state index is 0.568. The summed E-state index contributed by atoms with van der Waals surface area (Å²) in [6.45, 7) is 0. The summed E-state index contributed by atoms with van der Waals surface area (Å²) in [5.74, 6) is 1.81. The number of hydrogen-bond acceptors (Lipinski definition) is 4. The van der Waals surface area contributed by atoms with Crippen LogP contribution in [0.2, 0.25) is 0 Å². The van der Waals surface area contributed by atoms with Crippen LogP contribution in [0.5, 0.6) is 0 Å². The summed E-state index contributed by atoms with van der Waals surface area (Å²) in [6.07, 6.45) is 2.02. The van der Waals surface area contributed by atoms with E-state index in [-0.39, 0.29) is 0 Å². The first kappa shape index (κ1) is 46.0. The lowest BCUT2D eigenvalue weighted by Crippen LogP contribution is -2.74. The third-order valence-electron chi connectivity index (χ3n) is 15.7. The monoisotopic (exact) mass is 1020 g/mol. The van der Waals surface area contributed by atoms with E-state index in [2.05, 4.69) is 234 Å². The molecular weight excluding hydrogens is 977 g/mol. The maximum atomic E-state index is 5.28. The van der Waals surface area contributed by atoms with Crippen molar-refractivity contribution in [1.29, 1.82) is 0 Å². The van der Waals surface area contributed by atoms with Gasteiger partial charge in [0.15, 0.2) is 19.7 Å². The predicted molar refractivity (Wildman–Crippen MR) is 329 cm³/mol. The van der Waals surface area contributed by atoms with Crippen molar-refractivity contribution in [2.24, 2.45) is 0 Å². The zero-order valence-electron chi connectivity index (χ0n) is 42.9. The van der Waals surface area contributed by atoms with Gasteiger partial charge in [0.1, 0.15) is 5.65 Å². The summed E-state index contributed by atoms with van der Waals surface area (Å²) < 4.78 is 4.53. The first-order valence-corrected chi connectivity index (χ1v) is 28.8. The third kappa shape index (κ3) is 7.70. The Labute approximate surface area is 457 Å². The molecule has 6 nitrogen and oxygen atoms in total. The van der Waals surface area contributed by atoms with Crippen molar-refractivity contribution in [2.75, 3.05) is 0 Å². The molecular formula is C72H48N6Si. The van der Waals surface area contributed by atoms with Gasteiger partial charge >= 0.3 is 0 Å². The summed E-state index contributed by atoms with van der Waals surface area (Å²) in [6, 6.07) is 103. The highest BCUT2D eigenvalue weighted by Gasteiger charge is 2.41. The normalized spacial score (nSPS) is 11.8. The Bertz CT molecular complexity index is 4610. The maximum Gasteiger partial charge on any atom is 0.238 e. The smallest absolute Gasteiger partial charge is 0.238 e. The lowest BCUT2D eigenvalue weighted by Gasteiger charge is -2.34. The minimum atomic E-state index is -2.76. The third-order valence-corrected chi connectivity index (χ3v) is 20.5. The first-order chi connectivity index (χ1) is 39.2. The topological polar surface area (TPSA) is 61.4 Å². The molecule has 11 aromatic carbocycles. The van der Waals surface area contributed by atoms with Crippen molar-refractivity contribution in [3.05, 3.63) is 291 Å². The second kappa shape index (κ2) is 19.0. The van der Waals surface area contributed by atoms with Crippen LogP contribution in [0.15, 0.2) is 291 Å². The molecule has 4 aromatic heterocycles. The average Bonchev–Trinajstić information content (AvgIpc) is 4.25. The van der Waals surface area contributed by atoms with Crippen LogP contribution >= 0.6 is 0 Å². The van der Waals surface area contributed by atoms with Gasteiger partial charge in [-0.05, 0) is 90.9 Å². The summed E-state index contributed by atoms with van der Waals surface area (Å²) in [5, 5.41) is 12.2. The first-order valence-electron chi connectivity index (χ1n) is 26.8. The van der Waals surface area contributed by atoms with E-state index in [1.165, 1.54) is 31.7 Å². The Morgan fingerprint density at radius 1 is 0.291 bits per heavy atom. The van der Waals surface area contributed by atoms with Crippen molar-refractivity contribution in [3.8, 4) is 56.7 Å². The molecule has 0 fully saturated rings. The molecule has 15 aromatic rings. The van der Waals surface area contributed by atoms with Crippen LogP contribution in [0.4, 0.5) is 0 Å². The van der Waals surface area contributed by atoms with Crippen LogP contribution in [-0.4, -0.2) is 37.1 Å². The van der Waals surface area contributed by atoms with Gasteiger partial charge in [0.25, 0.3) is 0 Å². The molecule has 15 rings (SSSR count). The van der Waals surface area contributed by atoms with Crippen molar-refractivity contribution in [2.45, 2.75) is 0 Å². The number of rotatable bonds is 10. The van der Waals surface area contributed by atoms with Gasteiger partial charge in [0.05, 0.1) is 16.6 Å². The molecule has 0 spiro atoms. The number of fused-ring (bicyclic) bond motifs is 8. The Hall–Kier alpha value is -10.3. The highest BCUT2D eigenvalue weighted by Crippen LogP contribution is 2.40. The minimum Gasteiger partial charge on any atom is -0.294 e. The Morgan fingerprint density at radius 3 is 1.37 bits per heavy atom. The molecule has 0 saturated carbocycles. The van der Waals surface area contributed by atoms with E-state index >= 15 is 0 Å². The quantitative estimate of drug-likeness (QED) is 0.101. The molecule has 0 saturated heterocycles. The molecule has 0 N–H and O–H groups in total. The number of aromatic nitrogens is 6. The highest BCUT2D eigenvalue weighted by atomic mass is 28.3. The fraction of sp³-hybridized carbons (Fsp3) is 0. The fourth-order valence-corrected chi connectivity index (χ4v) is 17.0. The van der Waals surface area contributed by atoms with E-state index < -0.39 is 8.07 Å². The van der Waals surface area contributed by atoms with Crippen LogP contribution in [-0.2, 0) is 0 Å². The van der Waals surface area contributed by atoms with Crippen LogP contribution in [0, 0.1) is 0 Å². The molecule has 0 aliphatic heterocycles. The molecule has 0 amide bonds. The van der Waals surface area contributed by atoms with Crippen LogP contribution in [0.25, 0.3) is 111 Å². The molecule has 0 aliphatic carbocycles. The summed E-state index contributed by atoms with van der Waals surface area (Å²) in [7, 11) is -2.76. The highest BCUT2D eigenvalue weighted by molar-refractivity contribution is 7.19. The molecule has 0 unspecified atom stereocenters. The number of pyridine rings is 1. The predicted octanol–water partition coefficient (Wildman–Crippen LogP) is 14.7. The molecule has 0 aliphatic rings. The fourth-order valence-electron chi connectivity index (χ4n) is 12.2. The van der Waals surface area contributed by atoms with E-state index in [0.29, 0.717) is 17.6 Å². The number of hydrogen-bond donors (Lipinski definition) is 0. The van der Waals surface area contributed by atoms with Gasteiger partial charge in [-0.25, -0.2) is 9.97 Å².